The Morgan fingerprint density at radius 3 is 2.60 bits per heavy atom. The van der Waals surface area contributed by atoms with E-state index in [1.807, 2.05) is 0 Å². The van der Waals surface area contributed by atoms with Crippen molar-refractivity contribution in [1.29, 1.82) is 0 Å². The molecule has 2 rings (SSSR count). The maximum atomic E-state index is 12.3. The average molecular weight is 312 g/mol. The van der Waals surface area contributed by atoms with Gasteiger partial charge in [-0.15, -0.1) is 0 Å². The minimum Gasteiger partial charge on any atom is -0.398 e. The smallest absolute Gasteiger partial charge is 0.241 e. The van der Waals surface area contributed by atoms with Crippen LogP contribution in [0.2, 0.25) is 5.02 Å². The Morgan fingerprint density at radius 2 is 1.95 bits per heavy atom. The van der Waals surface area contributed by atoms with Crippen LogP contribution in [0.1, 0.15) is 11.1 Å². The molecule has 0 saturated heterocycles. The van der Waals surface area contributed by atoms with Crippen molar-refractivity contribution in [2.24, 2.45) is 0 Å². The van der Waals surface area contributed by atoms with E-state index in [1.54, 1.807) is 31.5 Å². The normalized spacial score (nSPS) is 11.5. The molecule has 106 valence electrons. The zero-order chi connectivity index (χ0) is 14.8. The molecule has 1 aromatic heterocycles. The summed E-state index contributed by atoms with van der Waals surface area (Å²) in [6, 6.07) is 6.39. The first-order valence-electron chi connectivity index (χ1n) is 5.84. The minimum atomic E-state index is -3.67. The third kappa shape index (κ3) is 3.27. The molecule has 1 heterocycles. The summed E-state index contributed by atoms with van der Waals surface area (Å²) in [5.74, 6) is 0. The van der Waals surface area contributed by atoms with E-state index in [9.17, 15) is 8.42 Å². The molecule has 3 N–H and O–H groups in total. The van der Waals surface area contributed by atoms with Gasteiger partial charge in [0.15, 0.2) is 0 Å². The number of hydrogen-bond acceptors (Lipinski definition) is 4. The number of nitrogens with two attached hydrogens (primary N) is 1. The van der Waals surface area contributed by atoms with E-state index in [1.165, 1.54) is 12.1 Å². The molecule has 0 unspecified atom stereocenters. The number of nitrogens with zero attached hydrogens (tertiary/aromatic N) is 1. The summed E-state index contributed by atoms with van der Waals surface area (Å²) < 4.78 is 27.1. The third-order valence-corrected chi connectivity index (χ3v) is 4.62. The van der Waals surface area contributed by atoms with Gasteiger partial charge in [0.2, 0.25) is 10.0 Å². The zero-order valence-corrected chi connectivity index (χ0v) is 12.4. The summed E-state index contributed by atoms with van der Waals surface area (Å²) in [5.41, 5.74) is 7.39. The lowest BCUT2D eigenvalue weighted by Crippen LogP contribution is -2.24. The van der Waals surface area contributed by atoms with Gasteiger partial charge in [0.1, 0.15) is 0 Å². The first kappa shape index (κ1) is 14.8. The number of anilines is 1. The van der Waals surface area contributed by atoms with Crippen LogP contribution in [0.4, 0.5) is 5.69 Å². The number of aromatic nitrogens is 1. The van der Waals surface area contributed by atoms with Crippen molar-refractivity contribution in [1.82, 2.24) is 9.71 Å². The number of rotatable bonds is 4. The summed E-state index contributed by atoms with van der Waals surface area (Å²) >= 11 is 5.86. The van der Waals surface area contributed by atoms with Crippen molar-refractivity contribution in [3.63, 3.8) is 0 Å². The molecule has 0 radical (unpaired) electrons. The molecule has 5 nitrogen and oxygen atoms in total. The van der Waals surface area contributed by atoms with Crippen LogP contribution in [0.5, 0.6) is 0 Å². The highest BCUT2D eigenvalue weighted by Crippen LogP contribution is 2.25. The standard InChI is InChI=1S/C13H14ClN3O2S/c1-9-12(15)6-11(14)7-13(9)20(18,19)17-8-10-2-4-16-5-3-10/h2-7,17H,8,15H2,1H3. The summed E-state index contributed by atoms with van der Waals surface area (Å²) in [4.78, 5) is 3.97. The van der Waals surface area contributed by atoms with Crippen molar-refractivity contribution in [3.8, 4) is 0 Å². The summed E-state index contributed by atoms with van der Waals surface area (Å²) in [5, 5.41) is 0.289. The highest BCUT2D eigenvalue weighted by atomic mass is 35.5. The number of benzene rings is 1. The molecule has 20 heavy (non-hydrogen) atoms. The second-order valence-corrected chi connectivity index (χ2v) is 6.47. The molecule has 0 aliphatic carbocycles. The van der Waals surface area contributed by atoms with Gasteiger partial charge in [-0.1, -0.05) is 11.6 Å². The number of nitrogen functional groups attached to an aromatic ring is 1. The number of sulfonamides is 1. The minimum absolute atomic E-state index is 0.0940. The predicted molar refractivity (Wildman–Crippen MR) is 78.9 cm³/mol. The van der Waals surface area contributed by atoms with Crippen LogP contribution in [0.3, 0.4) is 0 Å². The highest BCUT2D eigenvalue weighted by molar-refractivity contribution is 7.89. The zero-order valence-electron chi connectivity index (χ0n) is 10.8. The van der Waals surface area contributed by atoms with Crippen LogP contribution >= 0.6 is 11.6 Å². The van der Waals surface area contributed by atoms with E-state index < -0.39 is 10.0 Å². The number of pyridine rings is 1. The maximum absolute atomic E-state index is 12.3. The Morgan fingerprint density at radius 1 is 1.30 bits per heavy atom. The van der Waals surface area contributed by atoms with Gasteiger partial charge in [-0.2, -0.15) is 0 Å². The van der Waals surface area contributed by atoms with Gasteiger partial charge >= 0.3 is 0 Å². The lowest BCUT2D eigenvalue weighted by Gasteiger charge is -2.11. The summed E-state index contributed by atoms with van der Waals surface area (Å²) in [7, 11) is -3.67. The van der Waals surface area contributed by atoms with Crippen LogP contribution in [0.15, 0.2) is 41.6 Å². The molecule has 0 amide bonds. The van der Waals surface area contributed by atoms with E-state index in [2.05, 4.69) is 9.71 Å². The monoisotopic (exact) mass is 311 g/mol. The SMILES string of the molecule is Cc1c(N)cc(Cl)cc1S(=O)(=O)NCc1ccncc1. The van der Waals surface area contributed by atoms with Gasteiger partial charge in [0.25, 0.3) is 0 Å². The molecule has 1 aromatic carbocycles. The van der Waals surface area contributed by atoms with Crippen molar-refractivity contribution in [2.45, 2.75) is 18.4 Å². The molecule has 0 aliphatic rings. The number of nitrogens with one attached hydrogen (secondary N) is 1. The molecule has 0 aliphatic heterocycles. The van der Waals surface area contributed by atoms with Crippen LogP contribution < -0.4 is 10.5 Å². The molecule has 0 saturated carbocycles. The molecular formula is C13H14ClN3O2S. The fourth-order valence-electron chi connectivity index (χ4n) is 1.71. The molecule has 7 heteroatoms. The Labute approximate surface area is 122 Å². The van der Waals surface area contributed by atoms with Crippen LogP contribution in [0.25, 0.3) is 0 Å². The molecule has 0 spiro atoms. The van der Waals surface area contributed by atoms with Gasteiger partial charge in [0.05, 0.1) is 4.90 Å². The van der Waals surface area contributed by atoms with Crippen molar-refractivity contribution < 1.29 is 8.42 Å². The Kier molecular flexibility index (Phi) is 4.27. The van der Waals surface area contributed by atoms with E-state index in [0.717, 1.165) is 5.56 Å². The molecule has 2 aromatic rings. The quantitative estimate of drug-likeness (QED) is 0.847. The summed E-state index contributed by atoms with van der Waals surface area (Å²) in [6.07, 6.45) is 3.21. The van der Waals surface area contributed by atoms with Gasteiger partial charge in [-0.3, -0.25) is 4.98 Å². The number of halogens is 1. The largest absolute Gasteiger partial charge is 0.398 e. The second kappa shape index (κ2) is 5.78. The first-order chi connectivity index (χ1) is 9.40. The topological polar surface area (TPSA) is 85.1 Å². The van der Waals surface area contributed by atoms with Gasteiger partial charge in [-0.25, -0.2) is 13.1 Å². The first-order valence-corrected chi connectivity index (χ1v) is 7.70. The lowest BCUT2D eigenvalue weighted by atomic mass is 10.2. The van der Waals surface area contributed by atoms with Gasteiger partial charge in [-0.05, 0) is 42.3 Å². The van der Waals surface area contributed by atoms with Crippen LogP contribution in [-0.4, -0.2) is 13.4 Å². The van der Waals surface area contributed by atoms with Gasteiger partial charge < -0.3 is 5.73 Å². The Hall–Kier alpha value is -1.63. The lowest BCUT2D eigenvalue weighted by molar-refractivity contribution is 0.580. The molecular weight excluding hydrogens is 298 g/mol. The van der Waals surface area contributed by atoms with E-state index >= 15 is 0 Å². The van der Waals surface area contributed by atoms with Crippen molar-refractivity contribution >= 4 is 27.3 Å². The molecule has 0 fully saturated rings. The second-order valence-electron chi connectivity index (χ2n) is 4.30. The van der Waals surface area contributed by atoms with Crippen LogP contribution in [-0.2, 0) is 16.6 Å². The third-order valence-electron chi connectivity index (χ3n) is 2.87. The predicted octanol–water partition coefficient (Wildman–Crippen LogP) is 2.10. The van der Waals surface area contributed by atoms with E-state index in [4.69, 9.17) is 17.3 Å². The molecule has 0 atom stereocenters. The van der Waals surface area contributed by atoms with Crippen molar-refractivity contribution in [3.05, 3.63) is 52.8 Å². The van der Waals surface area contributed by atoms with Crippen molar-refractivity contribution in [2.75, 3.05) is 5.73 Å². The average Bonchev–Trinajstić information content (AvgIpc) is 2.42. The highest BCUT2D eigenvalue weighted by Gasteiger charge is 2.18. The van der Waals surface area contributed by atoms with E-state index in [-0.39, 0.29) is 16.5 Å². The molecule has 0 bridgehead atoms. The maximum Gasteiger partial charge on any atom is 0.241 e. The van der Waals surface area contributed by atoms with Gasteiger partial charge in [0, 0.05) is 29.6 Å². The fourth-order valence-corrected chi connectivity index (χ4v) is 3.32. The van der Waals surface area contributed by atoms with Crippen LogP contribution in [0, 0.1) is 6.92 Å². The Bertz CT molecular complexity index is 718. The summed E-state index contributed by atoms with van der Waals surface area (Å²) in [6.45, 7) is 1.82. The number of hydrogen-bond donors (Lipinski definition) is 2. The van der Waals surface area contributed by atoms with E-state index in [0.29, 0.717) is 11.3 Å². The fraction of sp³-hybridized carbons (Fsp3) is 0.154. The Balaban J connectivity index is 2.27.